The minimum atomic E-state index is 0.234. The first kappa shape index (κ1) is 18.9. The van der Waals surface area contributed by atoms with E-state index in [9.17, 15) is 4.79 Å². The van der Waals surface area contributed by atoms with Crippen LogP contribution in [0, 0.1) is 5.92 Å². The fourth-order valence-corrected chi connectivity index (χ4v) is 5.05. The minimum Gasteiger partial charge on any atom is -0.342 e. The van der Waals surface area contributed by atoms with Gasteiger partial charge in [-0.2, -0.15) is 5.10 Å². The zero-order valence-corrected chi connectivity index (χ0v) is 16.7. The maximum Gasteiger partial charge on any atom is 0.226 e. The molecule has 3 fully saturated rings. The number of rotatable bonds is 5. The molecule has 7 nitrogen and oxygen atoms in total. The number of carbonyl (C=O) groups excluding carboxylic acids is 1. The van der Waals surface area contributed by atoms with E-state index < -0.39 is 0 Å². The average molecular weight is 375 g/mol. The molecule has 1 atom stereocenters. The van der Waals surface area contributed by atoms with Gasteiger partial charge >= 0.3 is 0 Å². The highest BCUT2D eigenvalue weighted by Crippen LogP contribution is 2.26. The maximum absolute atomic E-state index is 12.8. The lowest BCUT2D eigenvalue weighted by atomic mass is 9.93. The average Bonchev–Trinajstić information content (AvgIpc) is 3.40. The van der Waals surface area contributed by atoms with Crippen LogP contribution in [0.15, 0.2) is 6.33 Å². The van der Waals surface area contributed by atoms with Crippen molar-refractivity contribution in [3.63, 3.8) is 0 Å². The fourth-order valence-electron chi connectivity index (χ4n) is 5.05. The lowest BCUT2D eigenvalue weighted by Crippen LogP contribution is -2.51. The van der Waals surface area contributed by atoms with Gasteiger partial charge in [-0.05, 0) is 52.0 Å². The number of carbonyl (C=O) groups is 1. The largest absolute Gasteiger partial charge is 0.342 e. The molecule has 0 bridgehead atoms. The molecule has 1 amide bonds. The molecule has 3 saturated heterocycles. The van der Waals surface area contributed by atoms with E-state index in [1.54, 1.807) is 6.33 Å². The number of likely N-dealkylation sites (tertiary alicyclic amines) is 3. The van der Waals surface area contributed by atoms with Crippen molar-refractivity contribution in [2.75, 3.05) is 39.3 Å². The second-order valence-corrected chi connectivity index (χ2v) is 8.37. The Labute approximate surface area is 162 Å². The number of aromatic nitrogens is 3. The third-order valence-corrected chi connectivity index (χ3v) is 6.65. The molecule has 0 aliphatic carbocycles. The van der Waals surface area contributed by atoms with Crippen LogP contribution in [0.1, 0.15) is 51.3 Å². The molecular formula is C20H34N6O. The second kappa shape index (κ2) is 8.69. The van der Waals surface area contributed by atoms with Gasteiger partial charge in [0.15, 0.2) is 0 Å². The third kappa shape index (κ3) is 4.35. The Hall–Kier alpha value is -1.47. The molecule has 150 valence electrons. The predicted molar refractivity (Wildman–Crippen MR) is 104 cm³/mol. The molecule has 3 aliphatic rings. The van der Waals surface area contributed by atoms with E-state index >= 15 is 0 Å². The van der Waals surface area contributed by atoms with Crippen LogP contribution in [0.2, 0.25) is 0 Å². The Morgan fingerprint density at radius 2 is 1.85 bits per heavy atom. The quantitative estimate of drug-likeness (QED) is 0.783. The van der Waals surface area contributed by atoms with Gasteiger partial charge in [-0.15, -0.1) is 0 Å². The number of nitrogens with zero attached hydrogens (tertiary/aromatic N) is 6. The fraction of sp³-hybridized carbons (Fsp3) is 0.850. The Balaban J connectivity index is 1.27. The molecule has 0 N–H and O–H groups in total. The zero-order valence-electron chi connectivity index (χ0n) is 16.7. The summed E-state index contributed by atoms with van der Waals surface area (Å²) in [6, 6.07) is 0.638. The van der Waals surface area contributed by atoms with Gasteiger partial charge in [0.25, 0.3) is 0 Å². The standard InChI is InChI=1S/C20H34N6O/c1-2-26-19(21-16-22-26)15-23-12-7-18(8-13-23)25-11-5-6-17(14-25)20(27)24-9-3-4-10-24/h16-18H,2-15H2,1H3/t17-/m0/s1. The summed E-state index contributed by atoms with van der Waals surface area (Å²) in [7, 11) is 0. The minimum absolute atomic E-state index is 0.234. The van der Waals surface area contributed by atoms with E-state index in [2.05, 4.69) is 31.7 Å². The normalized spacial score (nSPS) is 26.0. The maximum atomic E-state index is 12.8. The van der Waals surface area contributed by atoms with Gasteiger partial charge in [0, 0.05) is 45.3 Å². The summed E-state index contributed by atoms with van der Waals surface area (Å²) in [5.41, 5.74) is 0. The Morgan fingerprint density at radius 3 is 2.59 bits per heavy atom. The van der Waals surface area contributed by atoms with Gasteiger partial charge in [0.1, 0.15) is 12.2 Å². The summed E-state index contributed by atoms with van der Waals surface area (Å²) in [4.78, 5) is 24.4. The van der Waals surface area contributed by atoms with Crippen LogP contribution in [0.3, 0.4) is 0 Å². The zero-order chi connectivity index (χ0) is 18.6. The monoisotopic (exact) mass is 374 g/mol. The molecule has 0 spiro atoms. The van der Waals surface area contributed by atoms with E-state index in [-0.39, 0.29) is 5.92 Å². The van der Waals surface area contributed by atoms with Crippen LogP contribution in [0.25, 0.3) is 0 Å². The first-order chi connectivity index (χ1) is 13.2. The van der Waals surface area contributed by atoms with E-state index in [0.717, 1.165) is 58.1 Å². The van der Waals surface area contributed by atoms with Crippen molar-refractivity contribution < 1.29 is 4.79 Å². The summed E-state index contributed by atoms with van der Waals surface area (Å²) in [5.74, 6) is 1.73. The number of amides is 1. The predicted octanol–water partition coefficient (Wildman–Crippen LogP) is 1.60. The molecule has 27 heavy (non-hydrogen) atoms. The highest BCUT2D eigenvalue weighted by atomic mass is 16.2. The molecule has 7 heteroatoms. The van der Waals surface area contributed by atoms with Crippen molar-refractivity contribution in [3.8, 4) is 0 Å². The highest BCUT2D eigenvalue weighted by Gasteiger charge is 2.34. The van der Waals surface area contributed by atoms with E-state index in [1.165, 1.54) is 38.6 Å². The van der Waals surface area contributed by atoms with Crippen LogP contribution in [0.5, 0.6) is 0 Å². The molecule has 0 radical (unpaired) electrons. The molecule has 0 unspecified atom stereocenters. The lowest BCUT2D eigenvalue weighted by Gasteiger charge is -2.42. The molecule has 1 aromatic rings. The van der Waals surface area contributed by atoms with Crippen LogP contribution in [-0.4, -0.2) is 80.7 Å². The molecular weight excluding hydrogens is 340 g/mol. The van der Waals surface area contributed by atoms with Crippen molar-refractivity contribution in [2.24, 2.45) is 5.92 Å². The van der Waals surface area contributed by atoms with E-state index in [0.29, 0.717) is 11.9 Å². The van der Waals surface area contributed by atoms with Crippen molar-refractivity contribution in [1.82, 2.24) is 29.5 Å². The summed E-state index contributed by atoms with van der Waals surface area (Å²) < 4.78 is 1.99. The number of piperidine rings is 2. The van der Waals surface area contributed by atoms with E-state index in [1.807, 2.05) is 4.68 Å². The Kier molecular flexibility index (Phi) is 6.08. The molecule has 0 aromatic carbocycles. The van der Waals surface area contributed by atoms with Gasteiger partial charge in [-0.1, -0.05) is 0 Å². The van der Waals surface area contributed by atoms with Crippen molar-refractivity contribution in [2.45, 2.75) is 64.6 Å². The molecule has 4 rings (SSSR count). The highest BCUT2D eigenvalue weighted by molar-refractivity contribution is 5.79. The molecule has 4 heterocycles. The Morgan fingerprint density at radius 1 is 1.07 bits per heavy atom. The summed E-state index contributed by atoms with van der Waals surface area (Å²) in [6.45, 7) is 10.2. The third-order valence-electron chi connectivity index (χ3n) is 6.65. The van der Waals surface area contributed by atoms with Crippen molar-refractivity contribution in [1.29, 1.82) is 0 Å². The SMILES string of the molecule is CCn1ncnc1CN1CCC(N2CCC[C@H](C(=O)N3CCCC3)C2)CC1. The Bertz CT molecular complexity index is 618. The van der Waals surface area contributed by atoms with Gasteiger partial charge < -0.3 is 4.90 Å². The van der Waals surface area contributed by atoms with Crippen LogP contribution >= 0.6 is 0 Å². The smallest absolute Gasteiger partial charge is 0.226 e. The molecule has 0 saturated carbocycles. The molecule has 1 aromatic heterocycles. The van der Waals surface area contributed by atoms with Crippen LogP contribution in [0.4, 0.5) is 0 Å². The topological polar surface area (TPSA) is 57.5 Å². The number of hydrogen-bond acceptors (Lipinski definition) is 5. The summed E-state index contributed by atoms with van der Waals surface area (Å²) in [5, 5.41) is 4.28. The first-order valence-electron chi connectivity index (χ1n) is 10.9. The van der Waals surface area contributed by atoms with Gasteiger partial charge in [0.05, 0.1) is 12.5 Å². The van der Waals surface area contributed by atoms with Gasteiger partial charge in [0.2, 0.25) is 5.91 Å². The first-order valence-corrected chi connectivity index (χ1v) is 10.9. The lowest BCUT2D eigenvalue weighted by molar-refractivity contribution is -0.136. The second-order valence-electron chi connectivity index (χ2n) is 8.37. The number of hydrogen-bond donors (Lipinski definition) is 0. The van der Waals surface area contributed by atoms with Crippen LogP contribution in [-0.2, 0) is 17.9 Å². The van der Waals surface area contributed by atoms with Gasteiger partial charge in [-0.3, -0.25) is 14.6 Å². The molecule has 3 aliphatic heterocycles. The van der Waals surface area contributed by atoms with Crippen LogP contribution < -0.4 is 0 Å². The summed E-state index contributed by atoms with van der Waals surface area (Å²) >= 11 is 0. The van der Waals surface area contributed by atoms with Gasteiger partial charge in [-0.25, -0.2) is 9.67 Å². The summed E-state index contributed by atoms with van der Waals surface area (Å²) in [6.07, 6.45) is 8.69. The van der Waals surface area contributed by atoms with Crippen molar-refractivity contribution in [3.05, 3.63) is 12.2 Å². The van der Waals surface area contributed by atoms with Crippen molar-refractivity contribution >= 4 is 5.91 Å². The van der Waals surface area contributed by atoms with E-state index in [4.69, 9.17) is 0 Å². The number of aryl methyl sites for hydroxylation is 1.